The van der Waals surface area contributed by atoms with Gasteiger partial charge in [-0.25, -0.2) is 9.97 Å². The molecule has 2 atom stereocenters. The van der Waals surface area contributed by atoms with Crippen molar-refractivity contribution in [3.05, 3.63) is 65.7 Å². The molecule has 1 aliphatic carbocycles. The van der Waals surface area contributed by atoms with Crippen LogP contribution >= 0.6 is 0 Å². The van der Waals surface area contributed by atoms with Crippen LogP contribution in [0.15, 0.2) is 48.8 Å². The number of carboxylic acid groups (broad SMARTS) is 1. The molecular formula is C26H27F3N4O3. The molecule has 0 spiro atoms. The van der Waals surface area contributed by atoms with Crippen molar-refractivity contribution < 1.29 is 28.2 Å². The van der Waals surface area contributed by atoms with E-state index in [2.05, 4.69) is 20.3 Å². The topological polar surface area (TPSA) is 108 Å². The molecule has 0 saturated heterocycles. The van der Waals surface area contributed by atoms with E-state index in [9.17, 15) is 28.2 Å². The molecule has 3 N–H and O–H groups in total. The van der Waals surface area contributed by atoms with Crippen LogP contribution in [0, 0.1) is 18.3 Å². The van der Waals surface area contributed by atoms with Crippen LogP contribution in [-0.2, 0) is 16.6 Å². The number of aliphatic hydroxyl groups is 1. The molecule has 1 saturated carbocycles. The molecule has 190 valence electrons. The predicted molar refractivity (Wildman–Crippen MR) is 127 cm³/mol. The van der Waals surface area contributed by atoms with E-state index >= 15 is 0 Å². The monoisotopic (exact) mass is 500 g/mol. The number of rotatable bonds is 5. The van der Waals surface area contributed by atoms with Crippen molar-refractivity contribution in [1.29, 1.82) is 0 Å². The third-order valence-electron chi connectivity index (χ3n) is 6.69. The summed E-state index contributed by atoms with van der Waals surface area (Å²) in [6, 6.07) is 9.79. The van der Waals surface area contributed by atoms with E-state index in [1.165, 1.54) is 0 Å². The minimum Gasteiger partial charge on any atom is -0.481 e. The Morgan fingerprint density at radius 1 is 1.08 bits per heavy atom. The van der Waals surface area contributed by atoms with Gasteiger partial charge in [0, 0.05) is 18.1 Å². The van der Waals surface area contributed by atoms with E-state index < -0.39 is 34.8 Å². The minimum absolute atomic E-state index is 0.177. The van der Waals surface area contributed by atoms with Crippen LogP contribution in [0.1, 0.15) is 50.1 Å². The Labute approximate surface area is 206 Å². The molecule has 1 aromatic carbocycles. The fourth-order valence-electron chi connectivity index (χ4n) is 5.01. The molecule has 2 heterocycles. The summed E-state index contributed by atoms with van der Waals surface area (Å²) in [6.45, 7) is 5.54. The molecule has 0 amide bonds. The number of aryl methyl sites for hydroxylation is 1. The first kappa shape index (κ1) is 25.6. The average molecular weight is 501 g/mol. The molecule has 2 aromatic heterocycles. The van der Waals surface area contributed by atoms with Crippen LogP contribution in [0.4, 0.5) is 24.8 Å². The number of nitrogens with zero attached hydrogens (tertiary/aromatic N) is 3. The van der Waals surface area contributed by atoms with Crippen LogP contribution in [0.3, 0.4) is 0 Å². The summed E-state index contributed by atoms with van der Waals surface area (Å²) in [5.41, 5.74) is 0.379. The maximum absolute atomic E-state index is 13.0. The van der Waals surface area contributed by atoms with Crippen molar-refractivity contribution in [3.8, 4) is 11.1 Å². The van der Waals surface area contributed by atoms with E-state index in [0.29, 0.717) is 17.8 Å². The number of nitrogens with one attached hydrogen (secondary N) is 1. The number of alkyl halides is 3. The van der Waals surface area contributed by atoms with Crippen LogP contribution in [-0.4, -0.2) is 31.1 Å². The minimum atomic E-state index is -4.58. The zero-order valence-electron chi connectivity index (χ0n) is 20.1. The number of hydrogen-bond donors (Lipinski definition) is 3. The molecule has 1 aliphatic rings. The predicted octanol–water partition coefficient (Wildman–Crippen LogP) is 5.71. The number of carbonyl (C=O) groups is 1. The zero-order valence-corrected chi connectivity index (χ0v) is 20.1. The number of hydrogen-bond acceptors (Lipinski definition) is 6. The van der Waals surface area contributed by atoms with E-state index in [4.69, 9.17) is 0 Å². The molecule has 0 aliphatic heterocycles. The van der Waals surface area contributed by atoms with E-state index in [-0.39, 0.29) is 18.8 Å². The quantitative estimate of drug-likeness (QED) is 0.412. The lowest BCUT2D eigenvalue weighted by Gasteiger charge is -2.44. The summed E-state index contributed by atoms with van der Waals surface area (Å²) in [5.74, 6) is -1.60. The Kier molecular flexibility index (Phi) is 6.51. The van der Waals surface area contributed by atoms with E-state index in [1.54, 1.807) is 30.5 Å². The molecule has 1 fully saturated rings. The maximum atomic E-state index is 13.0. The van der Waals surface area contributed by atoms with Crippen molar-refractivity contribution in [2.24, 2.45) is 11.3 Å². The standard InChI is InChI=1S/C26H27F3N4O3/c1-15-10-17(12-18(11-15)32-23-31-9-6-20(33-23)26(27,28)29)16-5-8-30-21(13-16)25(36)7-4-19(22(34)35)24(2,3)14-25/h5-6,8-13,19,36H,4,7,14H2,1-3H3,(H,34,35)(H,31,32,33)/t19-,25-/m1/s1. The Bertz CT molecular complexity index is 1300. The van der Waals surface area contributed by atoms with Gasteiger partial charge >= 0.3 is 12.1 Å². The molecule has 7 nitrogen and oxygen atoms in total. The zero-order chi connectivity index (χ0) is 26.3. The second-order valence-corrected chi connectivity index (χ2v) is 10.0. The Morgan fingerprint density at radius 3 is 2.47 bits per heavy atom. The van der Waals surface area contributed by atoms with Gasteiger partial charge in [0.2, 0.25) is 5.95 Å². The van der Waals surface area contributed by atoms with Crippen molar-refractivity contribution in [1.82, 2.24) is 15.0 Å². The molecule has 0 bridgehead atoms. The van der Waals surface area contributed by atoms with Crippen molar-refractivity contribution in [3.63, 3.8) is 0 Å². The van der Waals surface area contributed by atoms with E-state index in [0.717, 1.165) is 29.0 Å². The van der Waals surface area contributed by atoms with Gasteiger partial charge < -0.3 is 15.5 Å². The van der Waals surface area contributed by atoms with Crippen molar-refractivity contribution in [2.45, 2.75) is 51.8 Å². The SMILES string of the molecule is Cc1cc(Nc2nccc(C(F)(F)F)n2)cc(-c2ccnc([C@@]3(O)CC[C@H](C(=O)O)C(C)(C)C3)c2)c1. The lowest BCUT2D eigenvalue weighted by atomic mass is 9.62. The number of aromatic nitrogens is 3. The van der Waals surface area contributed by atoms with E-state index in [1.807, 2.05) is 26.8 Å². The molecule has 10 heteroatoms. The summed E-state index contributed by atoms with van der Waals surface area (Å²) >= 11 is 0. The fraction of sp³-hybridized carbons (Fsp3) is 0.385. The maximum Gasteiger partial charge on any atom is 0.433 e. The molecule has 36 heavy (non-hydrogen) atoms. The number of benzene rings is 1. The first-order valence-corrected chi connectivity index (χ1v) is 11.5. The highest BCUT2D eigenvalue weighted by molar-refractivity contribution is 5.72. The van der Waals surface area contributed by atoms with Gasteiger partial charge in [0.15, 0.2) is 0 Å². The molecule has 4 rings (SSSR count). The van der Waals surface area contributed by atoms with Gasteiger partial charge in [-0.3, -0.25) is 9.78 Å². The summed E-state index contributed by atoms with van der Waals surface area (Å²) in [7, 11) is 0. The number of carboxylic acids is 1. The Balaban J connectivity index is 1.63. The van der Waals surface area contributed by atoms with Gasteiger partial charge in [-0.2, -0.15) is 13.2 Å². The van der Waals surface area contributed by atoms with Crippen LogP contribution < -0.4 is 5.32 Å². The normalized spacial score (nSPS) is 21.7. The summed E-state index contributed by atoms with van der Waals surface area (Å²) in [5, 5.41) is 23.9. The highest BCUT2D eigenvalue weighted by atomic mass is 19.4. The summed E-state index contributed by atoms with van der Waals surface area (Å²) in [4.78, 5) is 23.5. The number of aliphatic carboxylic acids is 1. The molecule has 0 unspecified atom stereocenters. The van der Waals surface area contributed by atoms with Gasteiger partial charge in [-0.15, -0.1) is 0 Å². The van der Waals surface area contributed by atoms with Crippen LogP contribution in [0.2, 0.25) is 0 Å². The van der Waals surface area contributed by atoms with Crippen LogP contribution in [0.5, 0.6) is 0 Å². The number of pyridine rings is 1. The van der Waals surface area contributed by atoms with Gasteiger partial charge in [0.05, 0.1) is 11.6 Å². The second-order valence-electron chi connectivity index (χ2n) is 10.0. The average Bonchev–Trinajstić information content (AvgIpc) is 2.77. The van der Waals surface area contributed by atoms with Gasteiger partial charge in [0.1, 0.15) is 11.3 Å². The lowest BCUT2D eigenvalue weighted by Crippen LogP contribution is -2.45. The Hall–Kier alpha value is -3.53. The highest BCUT2D eigenvalue weighted by Gasteiger charge is 2.48. The number of anilines is 2. The van der Waals surface area contributed by atoms with Crippen molar-refractivity contribution in [2.75, 3.05) is 5.32 Å². The molecular weight excluding hydrogens is 473 g/mol. The summed E-state index contributed by atoms with van der Waals surface area (Å²) < 4.78 is 39.0. The first-order valence-electron chi connectivity index (χ1n) is 11.5. The van der Waals surface area contributed by atoms with Crippen molar-refractivity contribution >= 4 is 17.6 Å². The fourth-order valence-corrected chi connectivity index (χ4v) is 5.01. The Morgan fingerprint density at radius 2 is 1.81 bits per heavy atom. The third kappa shape index (κ3) is 5.33. The summed E-state index contributed by atoms with van der Waals surface area (Å²) in [6.07, 6.45) is -1.09. The smallest absolute Gasteiger partial charge is 0.433 e. The molecule has 3 aromatic rings. The van der Waals surface area contributed by atoms with Gasteiger partial charge in [-0.05, 0) is 78.6 Å². The first-order chi connectivity index (χ1) is 16.8. The van der Waals surface area contributed by atoms with Gasteiger partial charge in [-0.1, -0.05) is 19.9 Å². The lowest BCUT2D eigenvalue weighted by molar-refractivity contribution is -0.154. The molecule has 0 radical (unpaired) electrons. The van der Waals surface area contributed by atoms with Gasteiger partial charge in [0.25, 0.3) is 0 Å². The van der Waals surface area contributed by atoms with Crippen LogP contribution in [0.25, 0.3) is 11.1 Å². The third-order valence-corrected chi connectivity index (χ3v) is 6.69. The highest BCUT2D eigenvalue weighted by Crippen LogP contribution is 2.49. The number of halogens is 3. The largest absolute Gasteiger partial charge is 0.481 e. The second kappa shape index (κ2) is 9.16.